The molecule has 13 heavy (non-hydrogen) atoms. The third kappa shape index (κ3) is 4.46. The lowest BCUT2D eigenvalue weighted by Gasteiger charge is -2.28. The van der Waals surface area contributed by atoms with Gasteiger partial charge in [0.25, 0.3) is 0 Å². The van der Waals surface area contributed by atoms with E-state index in [1.165, 1.54) is 25.9 Å². The van der Waals surface area contributed by atoms with Crippen LogP contribution >= 0.6 is 15.9 Å². The third-order valence-electron chi connectivity index (χ3n) is 2.73. The molecule has 1 rings (SSSR count). The van der Waals surface area contributed by atoms with Gasteiger partial charge in [0.2, 0.25) is 0 Å². The first-order valence-electron chi connectivity index (χ1n) is 5.43. The van der Waals surface area contributed by atoms with Crippen molar-refractivity contribution >= 4 is 15.9 Å². The van der Waals surface area contributed by atoms with Gasteiger partial charge in [0.1, 0.15) is 0 Å². The van der Waals surface area contributed by atoms with Crippen molar-refractivity contribution in [2.45, 2.75) is 39.7 Å². The molecule has 1 aliphatic rings. The molecule has 0 radical (unpaired) electrons. The summed E-state index contributed by atoms with van der Waals surface area (Å²) in [5.41, 5.74) is 0. The number of nitrogens with zero attached hydrogens (tertiary/aromatic N) is 1. The highest BCUT2D eigenvalue weighted by Crippen LogP contribution is 2.30. The van der Waals surface area contributed by atoms with E-state index in [0.29, 0.717) is 6.04 Å². The molecule has 0 aromatic carbocycles. The van der Waals surface area contributed by atoms with Gasteiger partial charge in [0.15, 0.2) is 0 Å². The lowest BCUT2D eigenvalue weighted by molar-refractivity contribution is 0.191. The number of hydrogen-bond acceptors (Lipinski definition) is 1. The number of rotatable bonds is 6. The van der Waals surface area contributed by atoms with Crippen LogP contribution in [0.15, 0.2) is 0 Å². The summed E-state index contributed by atoms with van der Waals surface area (Å²) in [7, 11) is 0. The maximum atomic E-state index is 3.55. The Labute approximate surface area is 91.0 Å². The lowest BCUT2D eigenvalue weighted by atomic mass is 10.1. The zero-order valence-corrected chi connectivity index (χ0v) is 10.7. The summed E-state index contributed by atoms with van der Waals surface area (Å²) in [6.07, 6.45) is 2.93. The largest absolute Gasteiger partial charge is 0.300 e. The first-order chi connectivity index (χ1) is 6.13. The topological polar surface area (TPSA) is 3.24 Å². The van der Waals surface area contributed by atoms with Crippen LogP contribution in [0.2, 0.25) is 0 Å². The number of hydrogen-bond donors (Lipinski definition) is 0. The average molecular weight is 248 g/mol. The molecule has 0 N–H and O–H groups in total. The van der Waals surface area contributed by atoms with E-state index in [9.17, 15) is 0 Å². The van der Waals surface area contributed by atoms with Crippen LogP contribution in [0, 0.1) is 11.8 Å². The van der Waals surface area contributed by atoms with Crippen molar-refractivity contribution in [2.24, 2.45) is 11.8 Å². The normalized spacial score (nSPS) is 19.8. The Balaban J connectivity index is 2.27. The van der Waals surface area contributed by atoms with Gasteiger partial charge in [-0.05, 0) is 38.5 Å². The van der Waals surface area contributed by atoms with E-state index < -0.39 is 0 Å². The molecule has 1 saturated carbocycles. The Morgan fingerprint density at radius 3 is 2.31 bits per heavy atom. The van der Waals surface area contributed by atoms with E-state index >= 15 is 0 Å². The molecule has 2 heteroatoms. The first-order valence-corrected chi connectivity index (χ1v) is 6.55. The first kappa shape index (κ1) is 11.5. The third-order valence-corrected chi connectivity index (χ3v) is 3.83. The summed E-state index contributed by atoms with van der Waals surface area (Å²) in [5.74, 6) is 1.80. The second-order valence-electron chi connectivity index (χ2n) is 4.75. The van der Waals surface area contributed by atoms with Crippen LogP contribution in [0.1, 0.15) is 33.6 Å². The van der Waals surface area contributed by atoms with E-state index in [2.05, 4.69) is 41.6 Å². The Bertz CT molecular complexity index is 143. The highest BCUT2D eigenvalue weighted by atomic mass is 79.9. The van der Waals surface area contributed by atoms with Gasteiger partial charge >= 0.3 is 0 Å². The molecule has 0 saturated heterocycles. The predicted octanol–water partition coefficient (Wildman–Crippen LogP) is 3.14. The lowest BCUT2D eigenvalue weighted by Crippen LogP contribution is -2.36. The SMILES string of the molecule is CC(CBr)CN(CC1CC1)C(C)C. The molecule has 1 unspecified atom stereocenters. The van der Waals surface area contributed by atoms with Gasteiger partial charge in [0, 0.05) is 24.5 Å². The van der Waals surface area contributed by atoms with Crippen molar-refractivity contribution < 1.29 is 0 Å². The summed E-state index contributed by atoms with van der Waals surface area (Å²) < 4.78 is 0. The minimum absolute atomic E-state index is 0.710. The number of halogens is 1. The molecular weight excluding hydrogens is 226 g/mol. The molecule has 1 nitrogen and oxygen atoms in total. The van der Waals surface area contributed by atoms with Crippen LogP contribution in [-0.4, -0.2) is 29.4 Å². The molecular formula is C11H22BrN. The highest BCUT2D eigenvalue weighted by molar-refractivity contribution is 9.09. The van der Waals surface area contributed by atoms with Gasteiger partial charge in [0.05, 0.1) is 0 Å². The van der Waals surface area contributed by atoms with E-state index in [1.807, 2.05) is 0 Å². The summed E-state index contributed by atoms with van der Waals surface area (Å²) in [6, 6.07) is 0.710. The molecule has 1 atom stereocenters. The minimum atomic E-state index is 0.710. The van der Waals surface area contributed by atoms with Crippen LogP contribution in [-0.2, 0) is 0 Å². The summed E-state index contributed by atoms with van der Waals surface area (Å²) in [4.78, 5) is 2.63. The minimum Gasteiger partial charge on any atom is -0.300 e. The van der Waals surface area contributed by atoms with Gasteiger partial charge in [-0.2, -0.15) is 0 Å². The number of alkyl halides is 1. The zero-order chi connectivity index (χ0) is 9.84. The zero-order valence-electron chi connectivity index (χ0n) is 9.09. The van der Waals surface area contributed by atoms with E-state index in [4.69, 9.17) is 0 Å². The van der Waals surface area contributed by atoms with Crippen molar-refractivity contribution in [2.75, 3.05) is 18.4 Å². The van der Waals surface area contributed by atoms with Crippen LogP contribution in [0.3, 0.4) is 0 Å². The van der Waals surface area contributed by atoms with Crippen LogP contribution in [0.25, 0.3) is 0 Å². The van der Waals surface area contributed by atoms with Gasteiger partial charge < -0.3 is 4.90 Å². The molecule has 0 aromatic rings. The highest BCUT2D eigenvalue weighted by Gasteiger charge is 2.25. The smallest absolute Gasteiger partial charge is 0.00692 e. The Morgan fingerprint density at radius 1 is 1.31 bits per heavy atom. The van der Waals surface area contributed by atoms with Gasteiger partial charge in [-0.1, -0.05) is 22.9 Å². The standard InChI is InChI=1S/C11H22BrN/c1-9(2)13(7-10(3)6-12)8-11-4-5-11/h9-11H,4-8H2,1-3H3. The fourth-order valence-electron chi connectivity index (χ4n) is 1.58. The van der Waals surface area contributed by atoms with Crippen molar-refractivity contribution in [1.82, 2.24) is 4.90 Å². The maximum Gasteiger partial charge on any atom is 0.00692 e. The molecule has 0 spiro atoms. The Morgan fingerprint density at radius 2 is 1.92 bits per heavy atom. The van der Waals surface area contributed by atoms with E-state index in [0.717, 1.165) is 17.2 Å². The van der Waals surface area contributed by atoms with Crippen LogP contribution in [0.4, 0.5) is 0 Å². The van der Waals surface area contributed by atoms with Gasteiger partial charge in [-0.15, -0.1) is 0 Å². The van der Waals surface area contributed by atoms with Crippen molar-refractivity contribution in [1.29, 1.82) is 0 Å². The molecule has 78 valence electrons. The summed E-state index contributed by atoms with van der Waals surface area (Å²) in [5, 5.41) is 1.13. The maximum absolute atomic E-state index is 3.55. The molecule has 1 fully saturated rings. The summed E-state index contributed by atoms with van der Waals surface area (Å²) in [6.45, 7) is 9.51. The van der Waals surface area contributed by atoms with E-state index in [-0.39, 0.29) is 0 Å². The second kappa shape index (κ2) is 5.35. The molecule has 0 aromatic heterocycles. The summed E-state index contributed by atoms with van der Waals surface area (Å²) >= 11 is 3.55. The molecule has 0 bridgehead atoms. The monoisotopic (exact) mass is 247 g/mol. The Kier molecular flexibility index (Phi) is 4.74. The fourth-order valence-corrected chi connectivity index (χ4v) is 1.78. The molecule has 0 aliphatic heterocycles. The van der Waals surface area contributed by atoms with Gasteiger partial charge in [-0.25, -0.2) is 0 Å². The average Bonchev–Trinajstić information content (AvgIpc) is 2.86. The van der Waals surface area contributed by atoms with E-state index in [1.54, 1.807) is 0 Å². The Hall–Kier alpha value is 0.440. The predicted molar refractivity (Wildman–Crippen MR) is 62.4 cm³/mol. The fraction of sp³-hybridized carbons (Fsp3) is 1.00. The van der Waals surface area contributed by atoms with Crippen molar-refractivity contribution in [3.8, 4) is 0 Å². The van der Waals surface area contributed by atoms with Crippen molar-refractivity contribution in [3.05, 3.63) is 0 Å². The van der Waals surface area contributed by atoms with Crippen LogP contribution in [0.5, 0.6) is 0 Å². The molecule has 0 amide bonds. The quantitative estimate of drug-likeness (QED) is 0.653. The van der Waals surface area contributed by atoms with Crippen LogP contribution < -0.4 is 0 Å². The molecule has 0 heterocycles. The van der Waals surface area contributed by atoms with Gasteiger partial charge in [-0.3, -0.25) is 0 Å². The van der Waals surface area contributed by atoms with Crippen molar-refractivity contribution in [3.63, 3.8) is 0 Å². The molecule has 1 aliphatic carbocycles. The second-order valence-corrected chi connectivity index (χ2v) is 5.40.